The summed E-state index contributed by atoms with van der Waals surface area (Å²) in [5.41, 5.74) is 16.4. The van der Waals surface area contributed by atoms with E-state index in [1.54, 1.807) is 11.9 Å². The Labute approximate surface area is 248 Å². The van der Waals surface area contributed by atoms with Gasteiger partial charge in [-0.2, -0.15) is 26.3 Å². The van der Waals surface area contributed by atoms with Crippen LogP contribution < -0.4 is 21.8 Å². The van der Waals surface area contributed by atoms with E-state index in [9.17, 15) is 26.3 Å². The summed E-state index contributed by atoms with van der Waals surface area (Å²) < 4.78 is 81.3. The molecule has 7 nitrogen and oxygen atoms in total. The molecule has 0 bridgehead atoms. The van der Waals surface area contributed by atoms with Crippen molar-refractivity contribution in [3.63, 3.8) is 0 Å². The number of anilines is 1. The first-order chi connectivity index (χ1) is 20.2. The Morgan fingerprint density at radius 1 is 0.953 bits per heavy atom. The minimum atomic E-state index is -4.91. The average molecular weight is 614 g/mol. The molecular formula is C30H41F6N7. The lowest BCUT2D eigenvalue weighted by Crippen LogP contribution is -2.45. The van der Waals surface area contributed by atoms with Gasteiger partial charge in [-0.15, -0.1) is 5.10 Å². The highest BCUT2D eigenvalue weighted by molar-refractivity contribution is 5.77. The van der Waals surface area contributed by atoms with E-state index in [0.717, 1.165) is 80.0 Å². The van der Waals surface area contributed by atoms with Gasteiger partial charge in [0.2, 0.25) is 5.96 Å². The molecule has 1 atom stereocenters. The molecule has 0 aliphatic carbocycles. The van der Waals surface area contributed by atoms with Gasteiger partial charge >= 0.3 is 12.4 Å². The van der Waals surface area contributed by atoms with Crippen LogP contribution in [0.2, 0.25) is 0 Å². The molecule has 0 saturated carbocycles. The molecule has 1 saturated heterocycles. The fraction of sp³-hybridized carbons (Fsp3) is 0.567. The molecule has 1 unspecified atom stereocenters. The molecule has 2 aromatic carbocycles. The van der Waals surface area contributed by atoms with Crippen molar-refractivity contribution in [2.45, 2.75) is 64.5 Å². The Bertz CT molecular complexity index is 1250. The lowest BCUT2D eigenvalue weighted by Gasteiger charge is -2.37. The van der Waals surface area contributed by atoms with Crippen molar-refractivity contribution in [1.29, 1.82) is 0 Å². The van der Waals surface area contributed by atoms with Crippen LogP contribution in [-0.4, -0.2) is 55.7 Å². The highest BCUT2D eigenvalue weighted by Crippen LogP contribution is 2.42. The Morgan fingerprint density at radius 2 is 1.58 bits per heavy atom. The van der Waals surface area contributed by atoms with Crippen LogP contribution in [0, 0.1) is 19.8 Å². The number of halogens is 6. The van der Waals surface area contributed by atoms with Crippen LogP contribution in [-0.2, 0) is 18.9 Å². The Hall–Kier alpha value is -3.19. The lowest BCUT2D eigenvalue weighted by atomic mass is 9.93. The number of benzene rings is 2. The molecule has 1 fully saturated rings. The molecular weight excluding hydrogens is 572 g/mol. The van der Waals surface area contributed by atoms with Crippen LogP contribution in [0.1, 0.15) is 65.1 Å². The molecule has 2 aliphatic heterocycles. The first-order valence-corrected chi connectivity index (χ1v) is 14.5. The van der Waals surface area contributed by atoms with Crippen molar-refractivity contribution in [2.24, 2.45) is 22.5 Å². The van der Waals surface area contributed by atoms with Gasteiger partial charge in [0.15, 0.2) is 0 Å². The molecule has 0 aromatic heterocycles. The van der Waals surface area contributed by atoms with Crippen molar-refractivity contribution in [1.82, 2.24) is 15.2 Å². The number of likely N-dealkylation sites (tertiary alicyclic amines) is 1. The molecule has 2 aliphatic rings. The molecule has 238 valence electrons. The molecule has 0 radical (unpaired) electrons. The van der Waals surface area contributed by atoms with Crippen molar-refractivity contribution < 1.29 is 26.3 Å². The molecule has 0 amide bonds. The third kappa shape index (κ3) is 7.86. The summed E-state index contributed by atoms with van der Waals surface area (Å²) in [6, 6.07) is 5.67. The molecule has 5 N–H and O–H groups in total. The molecule has 13 heteroatoms. The molecule has 2 aromatic rings. The summed E-state index contributed by atoms with van der Waals surface area (Å²) in [5, 5.41) is 4.08. The van der Waals surface area contributed by atoms with Gasteiger partial charge in [0.25, 0.3) is 0 Å². The first kappa shape index (κ1) is 32.7. The highest BCUT2D eigenvalue weighted by Gasteiger charge is 2.38. The topological polar surface area (TPSA) is 86.2 Å². The van der Waals surface area contributed by atoms with Crippen LogP contribution in [0.4, 0.5) is 32.0 Å². The number of aryl methyl sites for hydroxylation is 2. The summed E-state index contributed by atoms with van der Waals surface area (Å²) >= 11 is 0. The van der Waals surface area contributed by atoms with Crippen LogP contribution in [0.15, 0.2) is 35.4 Å². The van der Waals surface area contributed by atoms with E-state index in [-0.39, 0.29) is 30.9 Å². The second-order valence-electron chi connectivity index (χ2n) is 11.6. The number of hydrogen-bond acceptors (Lipinski definition) is 5. The zero-order valence-corrected chi connectivity index (χ0v) is 24.8. The minimum Gasteiger partial charge on any atom is -0.371 e. The third-order valence-electron chi connectivity index (χ3n) is 8.41. The first-order valence-electron chi connectivity index (χ1n) is 14.5. The van der Waals surface area contributed by atoms with Gasteiger partial charge in [-0.05, 0) is 80.3 Å². The van der Waals surface area contributed by atoms with Crippen molar-refractivity contribution >= 4 is 11.6 Å². The van der Waals surface area contributed by atoms with E-state index in [0.29, 0.717) is 18.3 Å². The standard InChI is InChI=1S/C30H41F6N7/c1-19-11-20(2)27-25(12-19)26(5-4-8-42(27)16-21-6-9-41(10-7-21)28(38)40-39-3)43(18-37)17-22-13-23(29(31,32)33)15-24(14-22)30(34,35)36/h11-15,21,26,39H,4-10,16-18,37H2,1-3H3,(H2,38,40). The summed E-state index contributed by atoms with van der Waals surface area (Å²) in [5.74, 6) is 0.903. The largest absolute Gasteiger partial charge is 0.416 e. The maximum absolute atomic E-state index is 13.6. The number of fused-ring (bicyclic) bond motifs is 1. The van der Waals surface area contributed by atoms with Gasteiger partial charge < -0.3 is 26.7 Å². The molecule has 43 heavy (non-hydrogen) atoms. The minimum absolute atomic E-state index is 0.0251. The maximum Gasteiger partial charge on any atom is 0.416 e. The number of hydrazone groups is 1. The average Bonchev–Trinajstić information content (AvgIpc) is 3.10. The van der Waals surface area contributed by atoms with Crippen LogP contribution in [0.3, 0.4) is 0 Å². The van der Waals surface area contributed by atoms with Crippen LogP contribution in [0.25, 0.3) is 0 Å². The Morgan fingerprint density at radius 3 is 2.14 bits per heavy atom. The van der Waals surface area contributed by atoms with Gasteiger partial charge in [0.1, 0.15) is 0 Å². The molecule has 0 spiro atoms. The third-order valence-corrected chi connectivity index (χ3v) is 8.41. The second-order valence-corrected chi connectivity index (χ2v) is 11.6. The van der Waals surface area contributed by atoms with Gasteiger partial charge in [-0.1, -0.05) is 17.7 Å². The number of rotatable bonds is 7. The van der Waals surface area contributed by atoms with Gasteiger partial charge in [0.05, 0.1) is 11.1 Å². The highest BCUT2D eigenvalue weighted by atomic mass is 19.4. The summed E-state index contributed by atoms with van der Waals surface area (Å²) in [7, 11) is 1.71. The van der Waals surface area contributed by atoms with Crippen LogP contribution >= 0.6 is 0 Å². The Kier molecular flexibility index (Phi) is 10.1. The van der Waals surface area contributed by atoms with E-state index < -0.39 is 23.5 Å². The summed E-state index contributed by atoms with van der Waals surface area (Å²) in [6.07, 6.45) is -6.45. The van der Waals surface area contributed by atoms with Gasteiger partial charge in [-0.25, -0.2) is 0 Å². The molecule has 2 heterocycles. The van der Waals surface area contributed by atoms with E-state index in [1.807, 2.05) is 13.8 Å². The second kappa shape index (κ2) is 13.2. The van der Waals surface area contributed by atoms with E-state index >= 15 is 0 Å². The number of piperidine rings is 1. The normalized spacial score (nSPS) is 19.0. The number of nitrogens with two attached hydrogens (primary N) is 2. The number of hydrogen-bond donors (Lipinski definition) is 3. The lowest BCUT2D eigenvalue weighted by molar-refractivity contribution is -0.143. The van der Waals surface area contributed by atoms with Crippen molar-refractivity contribution in [3.8, 4) is 0 Å². The van der Waals surface area contributed by atoms with Crippen molar-refractivity contribution in [2.75, 3.05) is 44.8 Å². The van der Waals surface area contributed by atoms with E-state index in [4.69, 9.17) is 11.5 Å². The summed E-state index contributed by atoms with van der Waals surface area (Å²) in [4.78, 5) is 6.25. The maximum atomic E-state index is 13.6. The Balaban J connectivity index is 1.62. The van der Waals surface area contributed by atoms with Gasteiger partial charge in [0, 0.05) is 58.2 Å². The van der Waals surface area contributed by atoms with E-state index in [2.05, 4.69) is 32.5 Å². The monoisotopic (exact) mass is 613 g/mol. The molecule has 4 rings (SSSR count). The van der Waals surface area contributed by atoms with Gasteiger partial charge in [-0.3, -0.25) is 4.90 Å². The number of alkyl halides is 6. The number of nitrogens with zero attached hydrogens (tertiary/aromatic N) is 4. The van der Waals surface area contributed by atoms with E-state index in [1.165, 1.54) is 0 Å². The fourth-order valence-electron chi connectivity index (χ4n) is 6.47. The van der Waals surface area contributed by atoms with Crippen molar-refractivity contribution in [3.05, 3.63) is 63.7 Å². The number of guanidine groups is 1. The quantitative estimate of drug-likeness (QED) is 0.125. The smallest absolute Gasteiger partial charge is 0.371 e. The SMILES string of the molecule is CN/N=C(\N)N1CCC(CN2CCCC(N(CN)Cc3cc(C(F)(F)F)cc(C(F)(F)F)c3)c3cc(C)cc(C)c32)CC1. The zero-order valence-electron chi connectivity index (χ0n) is 24.8. The number of nitrogens with one attached hydrogen (secondary N) is 1. The predicted molar refractivity (Wildman–Crippen MR) is 156 cm³/mol. The van der Waals surface area contributed by atoms with Crippen LogP contribution in [0.5, 0.6) is 0 Å². The summed E-state index contributed by atoms with van der Waals surface area (Å²) in [6.45, 7) is 7.10. The fourth-order valence-corrected chi connectivity index (χ4v) is 6.47. The zero-order chi connectivity index (χ0) is 31.5. The predicted octanol–water partition coefficient (Wildman–Crippen LogP) is 5.56.